The third-order valence-electron chi connectivity index (χ3n) is 11.1. The molecule has 0 aliphatic heterocycles. The van der Waals surface area contributed by atoms with Gasteiger partial charge in [-0.3, -0.25) is 0 Å². The van der Waals surface area contributed by atoms with Gasteiger partial charge in [0.2, 0.25) is 0 Å². The van der Waals surface area contributed by atoms with Crippen LogP contribution >= 0.6 is 0 Å². The van der Waals surface area contributed by atoms with E-state index >= 15 is 0 Å². The van der Waals surface area contributed by atoms with E-state index in [1.807, 2.05) is 12.1 Å². The SMILES string of the molecule is c1ccc(-c2cc(-c3cccc(-c4ccc5c(c4)c4ccccc4n5-c4cccc(-n5c6ccccc6c6ccccc65)c4)c3)cc(-c3ccccc3)n2)cc1. The zero-order valence-corrected chi connectivity index (χ0v) is 30.5. The number of hydrogen-bond acceptors (Lipinski definition) is 1. The molecule has 11 rings (SSSR count). The van der Waals surface area contributed by atoms with Crippen molar-refractivity contribution < 1.29 is 0 Å². The van der Waals surface area contributed by atoms with Crippen molar-refractivity contribution in [2.45, 2.75) is 0 Å². The molecule has 0 spiro atoms. The van der Waals surface area contributed by atoms with Crippen LogP contribution < -0.4 is 0 Å². The van der Waals surface area contributed by atoms with Gasteiger partial charge in [-0.15, -0.1) is 0 Å². The van der Waals surface area contributed by atoms with Gasteiger partial charge >= 0.3 is 0 Å². The molecule has 0 unspecified atom stereocenters. The van der Waals surface area contributed by atoms with Crippen molar-refractivity contribution in [1.29, 1.82) is 0 Å². The molecule has 3 heterocycles. The maximum Gasteiger partial charge on any atom is 0.0715 e. The van der Waals surface area contributed by atoms with Crippen LogP contribution in [0.3, 0.4) is 0 Å². The summed E-state index contributed by atoms with van der Waals surface area (Å²) in [5, 5.41) is 4.99. The molecule has 0 aliphatic carbocycles. The number of rotatable bonds is 6. The van der Waals surface area contributed by atoms with Crippen molar-refractivity contribution in [2.75, 3.05) is 0 Å². The minimum absolute atomic E-state index is 0.962. The highest BCUT2D eigenvalue weighted by molar-refractivity contribution is 6.11. The lowest BCUT2D eigenvalue weighted by Gasteiger charge is -2.13. The van der Waals surface area contributed by atoms with Crippen LogP contribution in [-0.4, -0.2) is 14.1 Å². The number of para-hydroxylation sites is 3. The van der Waals surface area contributed by atoms with Crippen LogP contribution in [0.1, 0.15) is 0 Å². The maximum absolute atomic E-state index is 5.11. The number of aromatic nitrogens is 3. The van der Waals surface area contributed by atoms with E-state index in [2.05, 4.69) is 209 Å². The Morgan fingerprint density at radius 3 is 1.21 bits per heavy atom. The summed E-state index contributed by atoms with van der Waals surface area (Å²) in [5.74, 6) is 0. The molecule has 0 fully saturated rings. The topological polar surface area (TPSA) is 22.8 Å². The van der Waals surface area contributed by atoms with Crippen LogP contribution in [0.25, 0.3) is 99.8 Å². The fraction of sp³-hybridized carbons (Fsp3) is 0. The van der Waals surface area contributed by atoms with Gasteiger partial charge in [-0.05, 0) is 89.0 Å². The average molecular weight is 714 g/mol. The summed E-state index contributed by atoms with van der Waals surface area (Å²) in [4.78, 5) is 5.11. The van der Waals surface area contributed by atoms with Gasteiger partial charge in [0.05, 0.1) is 33.5 Å². The zero-order chi connectivity index (χ0) is 37.0. The molecule has 0 atom stereocenters. The molecule has 3 nitrogen and oxygen atoms in total. The Balaban J connectivity index is 1.03. The molecule has 0 bridgehead atoms. The van der Waals surface area contributed by atoms with Crippen LogP contribution in [0.15, 0.2) is 212 Å². The molecule has 262 valence electrons. The van der Waals surface area contributed by atoms with Gasteiger partial charge < -0.3 is 9.13 Å². The van der Waals surface area contributed by atoms with Crippen molar-refractivity contribution >= 4 is 43.6 Å². The lowest BCUT2D eigenvalue weighted by molar-refractivity contribution is 1.13. The van der Waals surface area contributed by atoms with E-state index in [-0.39, 0.29) is 0 Å². The fourth-order valence-electron chi connectivity index (χ4n) is 8.49. The molecule has 0 amide bonds. The first-order valence-corrected chi connectivity index (χ1v) is 19.1. The second-order valence-electron chi connectivity index (χ2n) is 14.4. The maximum atomic E-state index is 5.11. The van der Waals surface area contributed by atoms with Crippen LogP contribution in [0.4, 0.5) is 0 Å². The smallest absolute Gasteiger partial charge is 0.0715 e. The number of pyridine rings is 1. The van der Waals surface area contributed by atoms with Crippen molar-refractivity contribution in [1.82, 2.24) is 14.1 Å². The van der Waals surface area contributed by atoms with E-state index < -0.39 is 0 Å². The van der Waals surface area contributed by atoms with Gasteiger partial charge in [0.15, 0.2) is 0 Å². The van der Waals surface area contributed by atoms with Crippen LogP contribution in [0.5, 0.6) is 0 Å². The molecular weight excluding hydrogens is 679 g/mol. The normalized spacial score (nSPS) is 11.6. The van der Waals surface area contributed by atoms with Gasteiger partial charge in [0, 0.05) is 44.0 Å². The average Bonchev–Trinajstić information content (AvgIpc) is 3.80. The Bertz CT molecular complexity index is 3130. The first-order valence-electron chi connectivity index (χ1n) is 19.1. The second-order valence-corrected chi connectivity index (χ2v) is 14.4. The largest absolute Gasteiger partial charge is 0.309 e. The van der Waals surface area contributed by atoms with E-state index in [1.165, 1.54) is 54.7 Å². The van der Waals surface area contributed by atoms with Crippen molar-refractivity contribution in [2.24, 2.45) is 0 Å². The van der Waals surface area contributed by atoms with E-state index in [4.69, 9.17) is 4.98 Å². The van der Waals surface area contributed by atoms with Gasteiger partial charge in [-0.2, -0.15) is 0 Å². The first-order chi connectivity index (χ1) is 27.8. The Morgan fingerprint density at radius 1 is 0.250 bits per heavy atom. The quantitative estimate of drug-likeness (QED) is 0.168. The fourth-order valence-corrected chi connectivity index (χ4v) is 8.49. The lowest BCUT2D eigenvalue weighted by atomic mass is 9.96. The molecule has 0 aliphatic rings. The molecule has 11 aromatic rings. The summed E-state index contributed by atoms with van der Waals surface area (Å²) in [6, 6.07) is 76.3. The Morgan fingerprint density at radius 2 is 0.661 bits per heavy atom. The highest BCUT2D eigenvalue weighted by Gasteiger charge is 2.17. The van der Waals surface area contributed by atoms with E-state index in [0.29, 0.717) is 0 Å². The standard InChI is InChI=1S/C53H35N3/c1-3-15-36(16-4-1)48-33-41(34-49(54-48)37-17-5-2-6-18-37)39-20-13-19-38(31-39)40-29-30-53-47(32-40)46-25-9-12-28-52(46)56(53)43-22-14-21-42(35-43)55-50-26-10-7-23-44(50)45-24-8-11-27-51(45)55/h1-35H. The number of benzene rings is 8. The Labute approximate surface area is 325 Å². The van der Waals surface area contributed by atoms with E-state index in [0.717, 1.165) is 45.0 Å². The van der Waals surface area contributed by atoms with Crippen LogP contribution in [0, 0.1) is 0 Å². The lowest BCUT2D eigenvalue weighted by Crippen LogP contribution is -1.98. The minimum Gasteiger partial charge on any atom is -0.309 e. The highest BCUT2D eigenvalue weighted by Crippen LogP contribution is 2.38. The van der Waals surface area contributed by atoms with Crippen molar-refractivity contribution in [3.8, 4) is 56.1 Å². The molecule has 3 aromatic heterocycles. The summed E-state index contributed by atoms with van der Waals surface area (Å²) in [6.07, 6.45) is 0. The van der Waals surface area contributed by atoms with Gasteiger partial charge in [-0.1, -0.05) is 146 Å². The summed E-state index contributed by atoms with van der Waals surface area (Å²) in [7, 11) is 0. The zero-order valence-electron chi connectivity index (χ0n) is 30.5. The number of nitrogens with zero attached hydrogens (tertiary/aromatic N) is 3. The molecule has 3 heteroatoms. The summed E-state index contributed by atoms with van der Waals surface area (Å²) in [5.41, 5.74) is 15.8. The second kappa shape index (κ2) is 13.1. The highest BCUT2D eigenvalue weighted by atomic mass is 15.0. The van der Waals surface area contributed by atoms with Gasteiger partial charge in [0.25, 0.3) is 0 Å². The minimum atomic E-state index is 0.962. The molecule has 0 saturated carbocycles. The summed E-state index contributed by atoms with van der Waals surface area (Å²) in [6.45, 7) is 0. The molecular formula is C53H35N3. The third kappa shape index (κ3) is 5.32. The van der Waals surface area contributed by atoms with Gasteiger partial charge in [-0.25, -0.2) is 4.98 Å². The molecule has 56 heavy (non-hydrogen) atoms. The summed E-state index contributed by atoms with van der Waals surface area (Å²) < 4.78 is 4.80. The Kier molecular flexibility index (Phi) is 7.49. The van der Waals surface area contributed by atoms with Crippen molar-refractivity contribution in [3.05, 3.63) is 212 Å². The van der Waals surface area contributed by atoms with E-state index in [9.17, 15) is 0 Å². The van der Waals surface area contributed by atoms with Crippen LogP contribution in [-0.2, 0) is 0 Å². The predicted octanol–water partition coefficient (Wildman–Crippen LogP) is 13.9. The molecule has 0 saturated heterocycles. The first kappa shape index (κ1) is 32.0. The number of fused-ring (bicyclic) bond motifs is 6. The van der Waals surface area contributed by atoms with Crippen molar-refractivity contribution in [3.63, 3.8) is 0 Å². The molecule has 0 radical (unpaired) electrons. The predicted molar refractivity (Wildman–Crippen MR) is 235 cm³/mol. The third-order valence-corrected chi connectivity index (χ3v) is 11.1. The Hall–Kier alpha value is -7.49. The van der Waals surface area contributed by atoms with Gasteiger partial charge in [0.1, 0.15) is 0 Å². The summed E-state index contributed by atoms with van der Waals surface area (Å²) >= 11 is 0. The van der Waals surface area contributed by atoms with E-state index in [1.54, 1.807) is 0 Å². The molecule has 8 aromatic carbocycles. The van der Waals surface area contributed by atoms with Crippen LogP contribution in [0.2, 0.25) is 0 Å². The molecule has 0 N–H and O–H groups in total. The monoisotopic (exact) mass is 713 g/mol. The number of hydrogen-bond donors (Lipinski definition) is 0.